The zero-order valence-electron chi connectivity index (χ0n) is 24.5. The number of aromatic amines is 1. The molecule has 0 saturated heterocycles. The molecule has 10 heteroatoms. The number of anilines is 1. The molecule has 1 aromatic carbocycles. The summed E-state index contributed by atoms with van der Waals surface area (Å²) in [6, 6.07) is 6.47. The third-order valence-corrected chi connectivity index (χ3v) is 7.78. The van der Waals surface area contributed by atoms with Crippen LogP contribution >= 0.6 is 0 Å². The van der Waals surface area contributed by atoms with Crippen LogP contribution < -0.4 is 5.32 Å². The number of aryl methyl sites for hydroxylation is 1. The predicted molar refractivity (Wildman–Crippen MR) is 158 cm³/mol. The molecule has 1 aliphatic rings. The summed E-state index contributed by atoms with van der Waals surface area (Å²) in [6.45, 7) is 12.2. The summed E-state index contributed by atoms with van der Waals surface area (Å²) >= 11 is 0. The summed E-state index contributed by atoms with van der Waals surface area (Å²) < 4.78 is 7.37. The fraction of sp³-hybridized carbons (Fsp3) is 0.419. The smallest absolute Gasteiger partial charge is 0.316 e. The molecule has 0 saturated carbocycles. The third kappa shape index (κ3) is 4.92. The van der Waals surface area contributed by atoms with Gasteiger partial charge in [-0.1, -0.05) is 44.5 Å². The van der Waals surface area contributed by atoms with Gasteiger partial charge in [-0.15, -0.1) is 0 Å². The molecule has 41 heavy (non-hydrogen) atoms. The van der Waals surface area contributed by atoms with Crippen LogP contribution in [-0.2, 0) is 18.3 Å². The summed E-state index contributed by atoms with van der Waals surface area (Å²) in [5.41, 5.74) is 7.99. The molecule has 6 rings (SSSR count). The van der Waals surface area contributed by atoms with E-state index < -0.39 is 5.91 Å². The van der Waals surface area contributed by atoms with E-state index in [9.17, 15) is 4.79 Å². The molecule has 0 radical (unpaired) electrons. The van der Waals surface area contributed by atoms with Crippen molar-refractivity contribution in [3.8, 4) is 22.5 Å². The average molecular weight is 553 g/mol. The van der Waals surface area contributed by atoms with Crippen molar-refractivity contribution >= 4 is 22.8 Å². The number of amides is 1. The molecule has 1 amide bonds. The second-order valence-electron chi connectivity index (χ2n) is 12.1. The molecule has 2 N–H and O–H groups in total. The first kappa shape index (κ1) is 26.9. The van der Waals surface area contributed by atoms with Crippen LogP contribution in [0.3, 0.4) is 0 Å². The lowest BCUT2D eigenvalue weighted by Crippen LogP contribution is -2.17. The van der Waals surface area contributed by atoms with E-state index in [2.05, 4.69) is 56.5 Å². The highest BCUT2D eigenvalue weighted by Gasteiger charge is 2.27. The molecule has 0 aliphatic heterocycles. The minimum atomic E-state index is -0.420. The molecule has 10 nitrogen and oxygen atoms in total. The van der Waals surface area contributed by atoms with Gasteiger partial charge in [-0.2, -0.15) is 10.1 Å². The molecule has 0 fully saturated rings. The SMILES string of the molecule is Cc1c(-c2nc3c(-c4ccc5c(c4NC(=O)c4nc(C(C)(C)C)no4)CCCCC5)ccnc3[nH]2)cnn1C(C)C. The Labute approximate surface area is 239 Å². The summed E-state index contributed by atoms with van der Waals surface area (Å²) in [6.07, 6.45) is 8.82. The van der Waals surface area contributed by atoms with Gasteiger partial charge in [0, 0.05) is 34.5 Å². The first-order valence-corrected chi connectivity index (χ1v) is 14.3. The molecule has 0 bridgehead atoms. The maximum absolute atomic E-state index is 13.5. The number of pyridine rings is 1. The van der Waals surface area contributed by atoms with Crippen molar-refractivity contribution in [2.75, 3.05) is 5.32 Å². The van der Waals surface area contributed by atoms with Crippen LogP contribution in [0.25, 0.3) is 33.7 Å². The number of imidazole rings is 1. The standard InChI is InChI=1S/C31H36N8O2/c1-17(2)39-18(3)23(16-33-39)26-34-25-22(14-15-32-27(25)36-26)21-13-12-19-10-8-7-9-11-20(19)24(21)35-28(40)29-37-30(38-41-29)31(4,5)6/h12-17H,7-11H2,1-6H3,(H,35,40)(H,32,34,36). The van der Waals surface area contributed by atoms with Gasteiger partial charge in [-0.25, -0.2) is 9.97 Å². The quantitative estimate of drug-likeness (QED) is 0.236. The van der Waals surface area contributed by atoms with Crippen molar-refractivity contribution in [1.82, 2.24) is 34.9 Å². The number of carbonyl (C=O) groups is 1. The van der Waals surface area contributed by atoms with Crippen molar-refractivity contribution in [2.45, 2.75) is 85.1 Å². The zero-order chi connectivity index (χ0) is 28.9. The van der Waals surface area contributed by atoms with Crippen LogP contribution in [0.15, 0.2) is 35.1 Å². The van der Waals surface area contributed by atoms with Gasteiger partial charge in [-0.05, 0) is 63.6 Å². The molecule has 5 aromatic rings. The highest BCUT2D eigenvalue weighted by Crippen LogP contribution is 2.39. The lowest BCUT2D eigenvalue weighted by atomic mass is 9.93. The van der Waals surface area contributed by atoms with Gasteiger partial charge < -0.3 is 14.8 Å². The second kappa shape index (κ2) is 10.2. The number of fused-ring (bicyclic) bond motifs is 2. The van der Waals surface area contributed by atoms with E-state index in [1.54, 1.807) is 6.20 Å². The van der Waals surface area contributed by atoms with Gasteiger partial charge >= 0.3 is 11.8 Å². The summed E-state index contributed by atoms with van der Waals surface area (Å²) in [7, 11) is 0. The van der Waals surface area contributed by atoms with Gasteiger partial charge in [0.05, 0.1) is 17.4 Å². The fourth-order valence-corrected chi connectivity index (χ4v) is 5.59. The lowest BCUT2D eigenvalue weighted by molar-refractivity contribution is 0.0981. The van der Waals surface area contributed by atoms with Crippen molar-refractivity contribution in [1.29, 1.82) is 0 Å². The Morgan fingerprint density at radius 3 is 2.59 bits per heavy atom. The van der Waals surface area contributed by atoms with Crippen LogP contribution in [0.1, 0.15) is 93.3 Å². The van der Waals surface area contributed by atoms with E-state index in [0.29, 0.717) is 17.3 Å². The van der Waals surface area contributed by atoms with E-state index in [-0.39, 0.29) is 17.3 Å². The number of nitrogens with zero attached hydrogens (tertiary/aromatic N) is 6. The molecule has 1 aliphatic carbocycles. The van der Waals surface area contributed by atoms with Crippen molar-refractivity contribution < 1.29 is 9.32 Å². The topological polar surface area (TPSA) is 127 Å². The molecule has 4 heterocycles. The number of aromatic nitrogens is 7. The fourth-order valence-electron chi connectivity index (χ4n) is 5.59. The minimum absolute atomic E-state index is 0.0494. The molecule has 0 atom stereocenters. The van der Waals surface area contributed by atoms with Crippen LogP contribution in [0.5, 0.6) is 0 Å². The number of carbonyl (C=O) groups excluding carboxylic acids is 1. The Hall–Kier alpha value is -4.34. The molecule has 4 aromatic heterocycles. The normalized spacial score (nSPS) is 13.9. The number of hydrogen-bond donors (Lipinski definition) is 2. The van der Waals surface area contributed by atoms with E-state index in [0.717, 1.165) is 71.3 Å². The minimum Gasteiger partial charge on any atom is -0.329 e. The van der Waals surface area contributed by atoms with E-state index in [1.807, 2.05) is 44.6 Å². The maximum Gasteiger partial charge on any atom is 0.316 e. The van der Waals surface area contributed by atoms with Gasteiger partial charge in [0.2, 0.25) is 0 Å². The van der Waals surface area contributed by atoms with Crippen LogP contribution in [0.2, 0.25) is 0 Å². The summed E-state index contributed by atoms with van der Waals surface area (Å²) in [4.78, 5) is 30.9. The Morgan fingerprint density at radius 1 is 1.05 bits per heavy atom. The van der Waals surface area contributed by atoms with E-state index >= 15 is 0 Å². The maximum atomic E-state index is 13.5. The van der Waals surface area contributed by atoms with Gasteiger partial charge in [0.15, 0.2) is 11.5 Å². The number of hydrogen-bond acceptors (Lipinski definition) is 7. The van der Waals surface area contributed by atoms with Gasteiger partial charge in [-0.3, -0.25) is 9.48 Å². The highest BCUT2D eigenvalue weighted by molar-refractivity contribution is 6.06. The van der Waals surface area contributed by atoms with E-state index in [4.69, 9.17) is 9.51 Å². The Morgan fingerprint density at radius 2 is 1.85 bits per heavy atom. The van der Waals surface area contributed by atoms with Crippen LogP contribution in [0, 0.1) is 6.92 Å². The molecule has 0 spiro atoms. The van der Waals surface area contributed by atoms with Gasteiger partial charge in [0.25, 0.3) is 0 Å². The highest BCUT2D eigenvalue weighted by atomic mass is 16.5. The largest absolute Gasteiger partial charge is 0.329 e. The first-order valence-electron chi connectivity index (χ1n) is 14.3. The average Bonchev–Trinajstić information content (AvgIpc) is 3.63. The number of H-pyrrole nitrogens is 1. The molecular formula is C31H36N8O2. The number of nitrogens with one attached hydrogen (secondary N) is 2. The first-order chi connectivity index (χ1) is 19.6. The van der Waals surface area contributed by atoms with E-state index in [1.165, 1.54) is 5.56 Å². The summed E-state index contributed by atoms with van der Waals surface area (Å²) in [5, 5.41) is 11.8. The number of rotatable bonds is 5. The van der Waals surface area contributed by atoms with Crippen molar-refractivity contribution in [3.05, 3.63) is 59.1 Å². The Balaban J connectivity index is 1.47. The predicted octanol–water partition coefficient (Wildman–Crippen LogP) is 6.58. The van der Waals surface area contributed by atoms with Crippen molar-refractivity contribution in [2.24, 2.45) is 0 Å². The zero-order valence-corrected chi connectivity index (χ0v) is 24.5. The monoisotopic (exact) mass is 552 g/mol. The third-order valence-electron chi connectivity index (χ3n) is 7.78. The van der Waals surface area contributed by atoms with Gasteiger partial charge in [0.1, 0.15) is 11.3 Å². The Kier molecular flexibility index (Phi) is 6.71. The van der Waals surface area contributed by atoms with Crippen molar-refractivity contribution in [3.63, 3.8) is 0 Å². The molecular weight excluding hydrogens is 516 g/mol. The number of benzene rings is 1. The lowest BCUT2D eigenvalue weighted by Gasteiger charge is -2.18. The summed E-state index contributed by atoms with van der Waals surface area (Å²) in [5.74, 6) is 0.735. The Bertz CT molecular complexity index is 1750. The molecule has 0 unspecified atom stereocenters. The van der Waals surface area contributed by atoms with Crippen LogP contribution in [0.4, 0.5) is 5.69 Å². The molecule has 212 valence electrons. The second-order valence-corrected chi connectivity index (χ2v) is 12.1. The van der Waals surface area contributed by atoms with Crippen LogP contribution in [-0.4, -0.2) is 40.8 Å².